The molecule has 0 N–H and O–H groups in total. The summed E-state index contributed by atoms with van der Waals surface area (Å²) in [7, 11) is 4.80. The fourth-order valence-corrected chi connectivity index (χ4v) is 4.36. The van der Waals surface area contributed by atoms with Crippen LogP contribution in [0.3, 0.4) is 0 Å². The highest BCUT2D eigenvalue weighted by Crippen LogP contribution is 2.51. The monoisotopic (exact) mass is 414 g/mol. The second-order valence-electron chi connectivity index (χ2n) is 7.45. The summed E-state index contributed by atoms with van der Waals surface area (Å²) >= 11 is 0. The number of carbonyl (C=O) groups is 1. The Labute approximate surface area is 175 Å². The van der Waals surface area contributed by atoms with Gasteiger partial charge in [0.1, 0.15) is 0 Å². The molecule has 0 saturated carbocycles. The molecule has 0 aliphatic carbocycles. The van der Waals surface area contributed by atoms with Crippen molar-refractivity contribution in [3.63, 3.8) is 0 Å². The molecule has 2 fully saturated rings. The maximum Gasteiger partial charge on any atom is 0.308 e. The first-order chi connectivity index (χ1) is 14.5. The van der Waals surface area contributed by atoms with Gasteiger partial charge in [-0.15, -0.1) is 0 Å². The highest BCUT2D eigenvalue weighted by Gasteiger charge is 2.48. The van der Waals surface area contributed by atoms with Crippen molar-refractivity contribution in [3.05, 3.63) is 47.5 Å². The first-order valence-electron chi connectivity index (χ1n) is 9.87. The summed E-state index contributed by atoms with van der Waals surface area (Å²) < 4.78 is 33.8. The van der Waals surface area contributed by atoms with E-state index >= 15 is 0 Å². The topological polar surface area (TPSA) is 72.5 Å². The van der Waals surface area contributed by atoms with Crippen LogP contribution < -0.4 is 18.9 Å². The van der Waals surface area contributed by atoms with Crippen molar-refractivity contribution in [2.75, 3.05) is 34.5 Å². The Hall–Kier alpha value is -2.77. The average molecular weight is 414 g/mol. The molecule has 0 amide bonds. The highest BCUT2D eigenvalue weighted by atomic mass is 16.6. The van der Waals surface area contributed by atoms with Crippen molar-refractivity contribution in [2.24, 2.45) is 11.8 Å². The molecule has 2 aliphatic heterocycles. The zero-order valence-electron chi connectivity index (χ0n) is 17.5. The van der Waals surface area contributed by atoms with E-state index in [1.54, 1.807) is 27.4 Å². The van der Waals surface area contributed by atoms with Gasteiger partial charge in [-0.1, -0.05) is 12.1 Å². The lowest BCUT2D eigenvalue weighted by Crippen LogP contribution is -2.15. The molecule has 160 valence electrons. The number of carbonyl (C=O) groups excluding carboxylic acids is 1. The van der Waals surface area contributed by atoms with Crippen molar-refractivity contribution in [3.8, 4) is 23.0 Å². The molecular weight excluding hydrogens is 388 g/mol. The van der Waals surface area contributed by atoms with Gasteiger partial charge in [0, 0.05) is 18.8 Å². The maximum absolute atomic E-state index is 11.3. The molecule has 2 aliphatic rings. The average Bonchev–Trinajstić information content (AvgIpc) is 3.35. The molecule has 2 aromatic rings. The summed E-state index contributed by atoms with van der Waals surface area (Å²) in [5.41, 5.74) is 2.03. The van der Waals surface area contributed by atoms with Crippen LogP contribution >= 0.6 is 0 Å². The van der Waals surface area contributed by atoms with Crippen molar-refractivity contribution in [1.29, 1.82) is 0 Å². The molecule has 2 saturated heterocycles. The number of hydrogen-bond acceptors (Lipinski definition) is 7. The van der Waals surface area contributed by atoms with Gasteiger partial charge < -0.3 is 28.4 Å². The Balaban J connectivity index is 1.55. The normalized spacial score (nSPS) is 24.9. The Morgan fingerprint density at radius 3 is 1.70 bits per heavy atom. The van der Waals surface area contributed by atoms with Crippen LogP contribution in [0.1, 0.15) is 30.3 Å². The second-order valence-corrected chi connectivity index (χ2v) is 7.45. The van der Waals surface area contributed by atoms with Gasteiger partial charge in [0.15, 0.2) is 23.0 Å². The molecule has 2 aromatic carbocycles. The lowest BCUT2D eigenvalue weighted by Gasteiger charge is -2.18. The lowest BCUT2D eigenvalue weighted by molar-refractivity contribution is -0.132. The Morgan fingerprint density at radius 1 is 0.767 bits per heavy atom. The summed E-state index contributed by atoms with van der Waals surface area (Å²) in [4.78, 5) is 11.3. The molecule has 0 aromatic heterocycles. The number of esters is 1. The number of methoxy groups -OCH3 is 3. The number of rotatable bonds is 6. The Kier molecular flexibility index (Phi) is 5.83. The lowest BCUT2D eigenvalue weighted by atomic mass is 9.85. The zero-order valence-corrected chi connectivity index (χ0v) is 17.5. The fourth-order valence-electron chi connectivity index (χ4n) is 4.36. The molecule has 0 spiro atoms. The van der Waals surface area contributed by atoms with Crippen molar-refractivity contribution in [2.45, 2.75) is 19.1 Å². The molecule has 30 heavy (non-hydrogen) atoms. The van der Waals surface area contributed by atoms with Crippen LogP contribution in [-0.4, -0.2) is 40.5 Å². The van der Waals surface area contributed by atoms with E-state index < -0.39 is 0 Å². The quantitative estimate of drug-likeness (QED) is 0.527. The van der Waals surface area contributed by atoms with Crippen LogP contribution in [0.5, 0.6) is 23.0 Å². The van der Waals surface area contributed by atoms with Crippen molar-refractivity contribution < 1.29 is 33.2 Å². The third kappa shape index (κ3) is 3.70. The summed E-state index contributed by atoms with van der Waals surface area (Å²) in [5, 5.41) is 0. The first-order valence-corrected chi connectivity index (χ1v) is 9.87. The van der Waals surface area contributed by atoms with Crippen LogP contribution in [0.4, 0.5) is 0 Å². The standard InChI is InChI=1S/C23H26O7/c1-13(24)30-19-8-6-15(10-21(19)27-4)23-17-12-28-22(16(17)11-29-23)14-5-7-18(25-2)20(9-14)26-3/h5-10,16-17,22-23H,11-12H2,1-4H3/t16-,17-,22-,23+/m1/s1. The number of hydrogen-bond donors (Lipinski definition) is 0. The zero-order chi connectivity index (χ0) is 21.3. The van der Waals surface area contributed by atoms with Gasteiger partial charge in [-0.05, 0) is 35.4 Å². The molecule has 0 unspecified atom stereocenters. The molecular formula is C23H26O7. The SMILES string of the molecule is COc1ccc([C@H]2OC[C@@H]3[C@H]2CO[C@H]3c2ccc(OC(C)=O)c(OC)c2)cc1OC. The molecule has 2 heterocycles. The predicted octanol–water partition coefficient (Wildman–Crippen LogP) is 3.71. The molecule has 4 atom stereocenters. The molecule has 7 nitrogen and oxygen atoms in total. The summed E-state index contributed by atoms with van der Waals surface area (Å²) in [5.74, 6) is 2.33. The van der Waals surface area contributed by atoms with E-state index in [9.17, 15) is 4.79 Å². The maximum atomic E-state index is 11.3. The first kappa shape index (κ1) is 20.5. The summed E-state index contributed by atoms with van der Waals surface area (Å²) in [6.45, 7) is 2.56. The van der Waals surface area contributed by atoms with Gasteiger partial charge in [-0.25, -0.2) is 0 Å². The van der Waals surface area contributed by atoms with Gasteiger partial charge >= 0.3 is 5.97 Å². The van der Waals surface area contributed by atoms with E-state index in [1.807, 2.05) is 30.3 Å². The van der Waals surface area contributed by atoms with E-state index in [2.05, 4.69) is 0 Å². The summed E-state index contributed by atoms with van der Waals surface area (Å²) in [6.07, 6.45) is -0.178. The van der Waals surface area contributed by atoms with Crippen molar-refractivity contribution in [1.82, 2.24) is 0 Å². The van der Waals surface area contributed by atoms with Crippen LogP contribution in [0.2, 0.25) is 0 Å². The highest BCUT2D eigenvalue weighted by molar-refractivity contribution is 5.70. The van der Waals surface area contributed by atoms with E-state index in [0.717, 1.165) is 11.1 Å². The van der Waals surface area contributed by atoms with Gasteiger partial charge in [0.2, 0.25) is 0 Å². The minimum atomic E-state index is -0.389. The fraction of sp³-hybridized carbons (Fsp3) is 0.435. The smallest absolute Gasteiger partial charge is 0.308 e. The largest absolute Gasteiger partial charge is 0.493 e. The van der Waals surface area contributed by atoms with Gasteiger partial charge in [0.05, 0.1) is 46.8 Å². The minimum Gasteiger partial charge on any atom is -0.493 e. The predicted molar refractivity (Wildman–Crippen MR) is 108 cm³/mol. The summed E-state index contributed by atoms with van der Waals surface area (Å²) in [6, 6.07) is 11.4. The Morgan fingerprint density at radius 2 is 1.23 bits per heavy atom. The van der Waals surface area contributed by atoms with Crippen LogP contribution in [0, 0.1) is 11.8 Å². The minimum absolute atomic E-state index is 0.0676. The number of ether oxygens (including phenoxy) is 6. The molecule has 7 heteroatoms. The van der Waals surface area contributed by atoms with E-state index in [-0.39, 0.29) is 30.0 Å². The molecule has 4 rings (SSSR count). The van der Waals surface area contributed by atoms with Gasteiger partial charge in [-0.3, -0.25) is 4.79 Å². The molecule has 0 bridgehead atoms. The second kappa shape index (κ2) is 8.53. The van der Waals surface area contributed by atoms with Crippen LogP contribution in [-0.2, 0) is 14.3 Å². The molecule has 0 radical (unpaired) electrons. The van der Waals surface area contributed by atoms with Gasteiger partial charge in [0.25, 0.3) is 0 Å². The van der Waals surface area contributed by atoms with E-state index in [0.29, 0.717) is 36.2 Å². The van der Waals surface area contributed by atoms with Gasteiger partial charge in [-0.2, -0.15) is 0 Å². The van der Waals surface area contributed by atoms with E-state index in [1.165, 1.54) is 6.92 Å². The van der Waals surface area contributed by atoms with E-state index in [4.69, 9.17) is 28.4 Å². The third-order valence-corrected chi connectivity index (χ3v) is 5.77. The van der Waals surface area contributed by atoms with Crippen LogP contribution in [0.25, 0.3) is 0 Å². The van der Waals surface area contributed by atoms with Crippen LogP contribution in [0.15, 0.2) is 36.4 Å². The Bertz CT molecular complexity index is 926. The number of fused-ring (bicyclic) bond motifs is 1. The van der Waals surface area contributed by atoms with Crippen molar-refractivity contribution >= 4 is 5.97 Å². The third-order valence-electron chi connectivity index (χ3n) is 5.77. The number of benzene rings is 2.